The Labute approximate surface area is 121 Å². The lowest BCUT2D eigenvalue weighted by atomic mass is 9.95. The minimum Gasteiger partial charge on any atom is -0.345 e. The average molecular weight is 275 g/mol. The molecule has 110 valence electrons. The first-order valence-electron chi connectivity index (χ1n) is 7.83. The van der Waals surface area contributed by atoms with E-state index >= 15 is 0 Å². The Morgan fingerprint density at radius 3 is 3.00 bits per heavy atom. The Balaban J connectivity index is 1.67. The molecule has 0 aromatic carbocycles. The molecule has 1 aromatic rings. The summed E-state index contributed by atoms with van der Waals surface area (Å²) in [5.74, 6) is 0.857. The first-order chi connectivity index (χ1) is 9.66. The van der Waals surface area contributed by atoms with Gasteiger partial charge >= 0.3 is 0 Å². The summed E-state index contributed by atoms with van der Waals surface area (Å²) in [6, 6.07) is 4.54. The number of carbonyl (C=O) groups excluding carboxylic acids is 1. The van der Waals surface area contributed by atoms with E-state index in [2.05, 4.69) is 40.8 Å². The predicted octanol–water partition coefficient (Wildman–Crippen LogP) is 2.09. The number of hydrogen-bond donors (Lipinski definition) is 1. The summed E-state index contributed by atoms with van der Waals surface area (Å²) < 4.78 is 2.34. The molecule has 1 N–H and O–H groups in total. The van der Waals surface area contributed by atoms with Gasteiger partial charge in [0.1, 0.15) is 0 Å². The van der Waals surface area contributed by atoms with Gasteiger partial charge in [0.2, 0.25) is 5.91 Å². The average Bonchev–Trinajstić information content (AvgIpc) is 2.83. The maximum atomic E-state index is 12.6. The zero-order valence-corrected chi connectivity index (χ0v) is 12.6. The van der Waals surface area contributed by atoms with Crippen LogP contribution >= 0.6 is 0 Å². The van der Waals surface area contributed by atoms with Gasteiger partial charge in [-0.1, -0.05) is 0 Å². The van der Waals surface area contributed by atoms with E-state index in [1.807, 2.05) is 0 Å². The van der Waals surface area contributed by atoms with Crippen molar-refractivity contribution in [3.8, 4) is 0 Å². The van der Waals surface area contributed by atoms with Crippen molar-refractivity contribution < 1.29 is 4.79 Å². The van der Waals surface area contributed by atoms with Crippen molar-refractivity contribution in [1.29, 1.82) is 0 Å². The second kappa shape index (κ2) is 5.60. The van der Waals surface area contributed by atoms with E-state index in [1.54, 1.807) is 0 Å². The number of piperidine rings is 1. The SMILES string of the molecule is Cc1ccc2n1CCN(C(=O)CC1CCCNC1)C2C. The summed E-state index contributed by atoms with van der Waals surface area (Å²) in [7, 11) is 0. The minimum absolute atomic E-state index is 0.210. The third-order valence-corrected chi connectivity index (χ3v) is 4.88. The molecule has 3 heterocycles. The number of amides is 1. The smallest absolute Gasteiger partial charge is 0.223 e. The van der Waals surface area contributed by atoms with Gasteiger partial charge in [-0.15, -0.1) is 0 Å². The van der Waals surface area contributed by atoms with Gasteiger partial charge in [0, 0.05) is 30.9 Å². The van der Waals surface area contributed by atoms with Crippen LogP contribution in [0, 0.1) is 12.8 Å². The van der Waals surface area contributed by atoms with E-state index in [0.29, 0.717) is 18.2 Å². The molecule has 4 heteroatoms. The van der Waals surface area contributed by atoms with Gasteiger partial charge in [-0.2, -0.15) is 0 Å². The molecule has 4 nitrogen and oxygen atoms in total. The first kappa shape index (κ1) is 13.7. The predicted molar refractivity (Wildman–Crippen MR) is 79.5 cm³/mol. The van der Waals surface area contributed by atoms with Crippen LogP contribution in [-0.4, -0.2) is 35.0 Å². The van der Waals surface area contributed by atoms with Gasteiger partial charge in [0.25, 0.3) is 0 Å². The lowest BCUT2D eigenvalue weighted by Crippen LogP contribution is -2.42. The van der Waals surface area contributed by atoms with Crippen LogP contribution in [-0.2, 0) is 11.3 Å². The van der Waals surface area contributed by atoms with Crippen molar-refractivity contribution in [3.05, 3.63) is 23.5 Å². The summed E-state index contributed by atoms with van der Waals surface area (Å²) in [6.07, 6.45) is 3.10. The van der Waals surface area contributed by atoms with Crippen molar-refractivity contribution in [1.82, 2.24) is 14.8 Å². The molecule has 1 saturated heterocycles. The fraction of sp³-hybridized carbons (Fsp3) is 0.688. The Bertz CT molecular complexity index is 488. The number of rotatable bonds is 2. The molecule has 0 aliphatic carbocycles. The van der Waals surface area contributed by atoms with Crippen LogP contribution in [0.1, 0.15) is 43.6 Å². The number of aromatic nitrogens is 1. The quantitative estimate of drug-likeness (QED) is 0.897. The van der Waals surface area contributed by atoms with Crippen LogP contribution in [0.2, 0.25) is 0 Å². The van der Waals surface area contributed by atoms with E-state index in [-0.39, 0.29) is 6.04 Å². The maximum Gasteiger partial charge on any atom is 0.223 e. The standard InChI is InChI=1S/C16H25N3O/c1-12-5-6-15-13(2)19(9-8-18(12)15)16(20)10-14-4-3-7-17-11-14/h5-6,13-14,17H,3-4,7-11H2,1-2H3. The molecule has 0 radical (unpaired) electrons. The van der Waals surface area contributed by atoms with Gasteiger partial charge in [-0.05, 0) is 57.8 Å². The fourth-order valence-corrected chi connectivity index (χ4v) is 3.62. The van der Waals surface area contributed by atoms with Crippen molar-refractivity contribution in [2.45, 2.75) is 45.7 Å². The molecule has 1 aromatic heterocycles. The van der Waals surface area contributed by atoms with Gasteiger partial charge < -0.3 is 14.8 Å². The van der Waals surface area contributed by atoms with Crippen molar-refractivity contribution in [2.75, 3.05) is 19.6 Å². The van der Waals surface area contributed by atoms with Crippen molar-refractivity contribution in [2.24, 2.45) is 5.92 Å². The van der Waals surface area contributed by atoms with E-state index in [9.17, 15) is 4.79 Å². The topological polar surface area (TPSA) is 37.3 Å². The van der Waals surface area contributed by atoms with E-state index in [4.69, 9.17) is 0 Å². The van der Waals surface area contributed by atoms with Crippen LogP contribution in [0.15, 0.2) is 12.1 Å². The van der Waals surface area contributed by atoms with Crippen LogP contribution in [0.4, 0.5) is 0 Å². The molecule has 2 atom stereocenters. The molecular formula is C16H25N3O. The Hall–Kier alpha value is -1.29. The van der Waals surface area contributed by atoms with Crippen LogP contribution in [0.5, 0.6) is 0 Å². The number of aryl methyl sites for hydroxylation is 1. The highest BCUT2D eigenvalue weighted by molar-refractivity contribution is 5.77. The zero-order valence-electron chi connectivity index (χ0n) is 12.6. The van der Waals surface area contributed by atoms with Crippen molar-refractivity contribution in [3.63, 3.8) is 0 Å². The largest absolute Gasteiger partial charge is 0.345 e. The number of hydrogen-bond acceptors (Lipinski definition) is 2. The molecule has 0 spiro atoms. The highest BCUT2D eigenvalue weighted by atomic mass is 16.2. The molecule has 2 unspecified atom stereocenters. The van der Waals surface area contributed by atoms with E-state index < -0.39 is 0 Å². The molecule has 1 fully saturated rings. The zero-order chi connectivity index (χ0) is 14.1. The van der Waals surface area contributed by atoms with E-state index in [1.165, 1.54) is 24.2 Å². The van der Waals surface area contributed by atoms with Gasteiger partial charge in [0.15, 0.2) is 0 Å². The van der Waals surface area contributed by atoms with Crippen LogP contribution < -0.4 is 5.32 Å². The van der Waals surface area contributed by atoms with Gasteiger partial charge in [-0.25, -0.2) is 0 Å². The molecule has 1 amide bonds. The summed E-state index contributed by atoms with van der Waals surface area (Å²) in [5, 5.41) is 3.40. The molecule has 2 aliphatic heterocycles. The summed E-state index contributed by atoms with van der Waals surface area (Å²) in [4.78, 5) is 14.7. The third kappa shape index (κ3) is 2.49. The van der Waals surface area contributed by atoms with Crippen LogP contribution in [0.25, 0.3) is 0 Å². The summed E-state index contributed by atoms with van der Waals surface area (Å²) in [5.41, 5.74) is 2.58. The number of carbonyl (C=O) groups is 1. The number of nitrogens with one attached hydrogen (secondary N) is 1. The fourth-order valence-electron chi connectivity index (χ4n) is 3.62. The second-order valence-electron chi connectivity index (χ2n) is 6.23. The second-order valence-corrected chi connectivity index (χ2v) is 6.23. The normalized spacial score (nSPS) is 26.4. The molecule has 0 saturated carbocycles. The molecule has 2 aliphatic rings. The number of nitrogens with zero attached hydrogens (tertiary/aromatic N) is 2. The molecular weight excluding hydrogens is 250 g/mol. The Kier molecular flexibility index (Phi) is 3.83. The maximum absolute atomic E-state index is 12.6. The van der Waals surface area contributed by atoms with Gasteiger partial charge in [-0.3, -0.25) is 4.79 Å². The highest BCUT2D eigenvalue weighted by Gasteiger charge is 2.29. The lowest BCUT2D eigenvalue weighted by Gasteiger charge is -2.36. The van der Waals surface area contributed by atoms with Crippen LogP contribution in [0.3, 0.4) is 0 Å². The van der Waals surface area contributed by atoms with E-state index in [0.717, 1.165) is 26.2 Å². The minimum atomic E-state index is 0.210. The highest BCUT2D eigenvalue weighted by Crippen LogP contribution is 2.28. The van der Waals surface area contributed by atoms with Crippen molar-refractivity contribution >= 4 is 5.91 Å². The van der Waals surface area contributed by atoms with Gasteiger partial charge in [0.05, 0.1) is 6.04 Å². The Morgan fingerprint density at radius 1 is 1.40 bits per heavy atom. The lowest BCUT2D eigenvalue weighted by molar-refractivity contribution is -0.135. The Morgan fingerprint density at radius 2 is 2.25 bits per heavy atom. The summed E-state index contributed by atoms with van der Waals surface area (Å²) in [6.45, 7) is 8.19. The monoisotopic (exact) mass is 275 g/mol. The molecule has 20 heavy (non-hydrogen) atoms. The summed E-state index contributed by atoms with van der Waals surface area (Å²) >= 11 is 0. The molecule has 0 bridgehead atoms. The third-order valence-electron chi connectivity index (χ3n) is 4.88. The molecule has 3 rings (SSSR count). The first-order valence-corrected chi connectivity index (χ1v) is 7.83. The number of fused-ring (bicyclic) bond motifs is 1.